The molecule has 5 heteroatoms. The number of hydrogen-bond donors (Lipinski definition) is 1. The highest BCUT2D eigenvalue weighted by Crippen LogP contribution is 2.20. The summed E-state index contributed by atoms with van der Waals surface area (Å²) in [7, 11) is 0. The molecule has 19 heavy (non-hydrogen) atoms. The standard InChI is InChI=1S/C14H19BrN4/c1-3-8-19-9-7-17-14(19)13(16-4-2)12-6-5-11(15)10-18-12/h5-7,9-10,13,16H,3-4,8H2,1-2H3. The number of rotatable bonds is 6. The Morgan fingerprint density at radius 1 is 1.32 bits per heavy atom. The summed E-state index contributed by atoms with van der Waals surface area (Å²) in [5.74, 6) is 1.03. The number of aryl methyl sites for hydroxylation is 1. The SMILES string of the molecule is CCCn1ccnc1C(NCC)c1ccc(Br)cn1. The van der Waals surface area contributed by atoms with Crippen molar-refractivity contribution in [3.63, 3.8) is 0 Å². The van der Waals surface area contributed by atoms with E-state index in [2.05, 4.69) is 49.6 Å². The fraction of sp³-hybridized carbons (Fsp3) is 0.429. The Hall–Kier alpha value is -1.20. The predicted molar refractivity (Wildman–Crippen MR) is 80.0 cm³/mol. The van der Waals surface area contributed by atoms with Gasteiger partial charge in [0.1, 0.15) is 11.9 Å². The van der Waals surface area contributed by atoms with Gasteiger partial charge in [0.15, 0.2) is 0 Å². The first-order valence-electron chi connectivity index (χ1n) is 6.62. The molecule has 102 valence electrons. The van der Waals surface area contributed by atoms with E-state index in [-0.39, 0.29) is 6.04 Å². The van der Waals surface area contributed by atoms with Gasteiger partial charge >= 0.3 is 0 Å². The van der Waals surface area contributed by atoms with Gasteiger partial charge in [-0.15, -0.1) is 0 Å². The van der Waals surface area contributed by atoms with Gasteiger partial charge in [-0.3, -0.25) is 4.98 Å². The maximum atomic E-state index is 4.50. The minimum absolute atomic E-state index is 0.0413. The zero-order valence-electron chi connectivity index (χ0n) is 11.3. The Kier molecular flexibility index (Phi) is 5.10. The van der Waals surface area contributed by atoms with Gasteiger partial charge in [-0.2, -0.15) is 0 Å². The first-order chi connectivity index (χ1) is 9.26. The highest BCUT2D eigenvalue weighted by Gasteiger charge is 2.19. The van der Waals surface area contributed by atoms with Crippen LogP contribution >= 0.6 is 15.9 Å². The topological polar surface area (TPSA) is 42.7 Å². The van der Waals surface area contributed by atoms with Gasteiger partial charge in [0.05, 0.1) is 5.69 Å². The fourth-order valence-corrected chi connectivity index (χ4v) is 2.34. The molecule has 2 heterocycles. The summed E-state index contributed by atoms with van der Waals surface area (Å²) in [4.78, 5) is 8.99. The lowest BCUT2D eigenvalue weighted by molar-refractivity contribution is 0.535. The largest absolute Gasteiger partial charge is 0.333 e. The molecule has 1 atom stereocenters. The third kappa shape index (κ3) is 3.42. The van der Waals surface area contributed by atoms with Crippen LogP contribution in [0.4, 0.5) is 0 Å². The van der Waals surface area contributed by atoms with E-state index in [0.717, 1.165) is 35.5 Å². The van der Waals surface area contributed by atoms with Crippen LogP contribution in [0.15, 0.2) is 35.2 Å². The summed E-state index contributed by atoms with van der Waals surface area (Å²) in [5, 5.41) is 3.46. The van der Waals surface area contributed by atoms with Crippen LogP contribution in [0, 0.1) is 0 Å². The molecule has 0 aliphatic carbocycles. The molecule has 0 aromatic carbocycles. The molecule has 0 aliphatic rings. The summed E-state index contributed by atoms with van der Waals surface area (Å²) in [6.07, 6.45) is 6.80. The maximum absolute atomic E-state index is 4.50. The average Bonchev–Trinajstić information content (AvgIpc) is 2.86. The Labute approximate surface area is 122 Å². The predicted octanol–water partition coefficient (Wildman–Crippen LogP) is 3.15. The quantitative estimate of drug-likeness (QED) is 0.888. The number of halogens is 1. The highest BCUT2D eigenvalue weighted by atomic mass is 79.9. The van der Waals surface area contributed by atoms with Crippen LogP contribution in [-0.2, 0) is 6.54 Å². The molecule has 0 radical (unpaired) electrons. The highest BCUT2D eigenvalue weighted by molar-refractivity contribution is 9.10. The van der Waals surface area contributed by atoms with Crippen molar-refractivity contribution in [2.24, 2.45) is 0 Å². The van der Waals surface area contributed by atoms with Gasteiger partial charge in [-0.05, 0) is 41.0 Å². The molecule has 0 saturated heterocycles. The molecule has 2 rings (SSSR count). The Morgan fingerprint density at radius 2 is 2.16 bits per heavy atom. The van der Waals surface area contributed by atoms with Crippen molar-refractivity contribution in [3.8, 4) is 0 Å². The van der Waals surface area contributed by atoms with Gasteiger partial charge < -0.3 is 9.88 Å². The number of aromatic nitrogens is 3. The van der Waals surface area contributed by atoms with Crippen LogP contribution in [-0.4, -0.2) is 21.1 Å². The molecule has 0 saturated carbocycles. The molecule has 4 nitrogen and oxygen atoms in total. The van der Waals surface area contributed by atoms with E-state index < -0.39 is 0 Å². The minimum atomic E-state index is 0.0413. The zero-order valence-corrected chi connectivity index (χ0v) is 12.9. The van der Waals surface area contributed by atoms with E-state index in [0.29, 0.717) is 0 Å². The smallest absolute Gasteiger partial charge is 0.132 e. The van der Waals surface area contributed by atoms with Crippen LogP contribution in [0.2, 0.25) is 0 Å². The molecule has 2 aromatic rings. The van der Waals surface area contributed by atoms with E-state index in [1.54, 1.807) is 0 Å². The molecular formula is C14H19BrN4. The molecule has 2 aromatic heterocycles. The second kappa shape index (κ2) is 6.82. The average molecular weight is 323 g/mol. The molecule has 0 aliphatic heterocycles. The van der Waals surface area contributed by atoms with Gasteiger partial charge in [0.2, 0.25) is 0 Å². The van der Waals surface area contributed by atoms with E-state index in [1.165, 1.54) is 0 Å². The summed E-state index contributed by atoms with van der Waals surface area (Å²) in [6.45, 7) is 6.12. The van der Waals surface area contributed by atoms with Crippen molar-refractivity contribution >= 4 is 15.9 Å². The van der Waals surface area contributed by atoms with Crippen molar-refractivity contribution in [2.45, 2.75) is 32.9 Å². The maximum Gasteiger partial charge on any atom is 0.132 e. The van der Waals surface area contributed by atoms with E-state index >= 15 is 0 Å². The third-order valence-electron chi connectivity index (χ3n) is 2.92. The second-order valence-corrected chi connectivity index (χ2v) is 5.29. The lowest BCUT2D eigenvalue weighted by atomic mass is 10.1. The zero-order chi connectivity index (χ0) is 13.7. The van der Waals surface area contributed by atoms with Crippen molar-refractivity contribution in [1.29, 1.82) is 0 Å². The lowest BCUT2D eigenvalue weighted by Crippen LogP contribution is -2.26. The van der Waals surface area contributed by atoms with Crippen molar-refractivity contribution in [1.82, 2.24) is 19.9 Å². The Bertz CT molecular complexity index is 506. The summed E-state index contributed by atoms with van der Waals surface area (Å²) >= 11 is 3.42. The monoisotopic (exact) mass is 322 g/mol. The van der Waals surface area contributed by atoms with Gasteiger partial charge in [-0.25, -0.2) is 4.98 Å². The number of nitrogens with one attached hydrogen (secondary N) is 1. The summed E-state index contributed by atoms with van der Waals surface area (Å²) in [6, 6.07) is 4.09. The number of pyridine rings is 1. The number of imidazole rings is 1. The lowest BCUT2D eigenvalue weighted by Gasteiger charge is -2.18. The van der Waals surface area contributed by atoms with Crippen LogP contribution in [0.25, 0.3) is 0 Å². The first-order valence-corrected chi connectivity index (χ1v) is 7.41. The van der Waals surface area contributed by atoms with Gasteiger partial charge in [0, 0.05) is 29.6 Å². The van der Waals surface area contributed by atoms with E-state index in [9.17, 15) is 0 Å². The molecule has 1 N–H and O–H groups in total. The molecule has 0 spiro atoms. The third-order valence-corrected chi connectivity index (χ3v) is 3.39. The molecule has 1 unspecified atom stereocenters. The normalized spacial score (nSPS) is 12.6. The fourth-order valence-electron chi connectivity index (χ4n) is 2.10. The van der Waals surface area contributed by atoms with E-state index in [4.69, 9.17) is 0 Å². The first kappa shape index (κ1) is 14.2. The molecule has 0 bridgehead atoms. The number of hydrogen-bond acceptors (Lipinski definition) is 3. The van der Waals surface area contributed by atoms with Crippen LogP contribution < -0.4 is 5.32 Å². The van der Waals surface area contributed by atoms with Crippen LogP contribution in [0.3, 0.4) is 0 Å². The molecule has 0 amide bonds. The van der Waals surface area contributed by atoms with Crippen LogP contribution in [0.5, 0.6) is 0 Å². The van der Waals surface area contributed by atoms with Crippen molar-refractivity contribution < 1.29 is 0 Å². The van der Waals surface area contributed by atoms with Crippen molar-refractivity contribution in [3.05, 3.63) is 46.7 Å². The van der Waals surface area contributed by atoms with Crippen LogP contribution in [0.1, 0.15) is 37.8 Å². The molecule has 0 fully saturated rings. The van der Waals surface area contributed by atoms with E-state index in [1.807, 2.05) is 30.7 Å². The summed E-state index contributed by atoms with van der Waals surface area (Å²) in [5.41, 5.74) is 0.994. The number of nitrogens with zero attached hydrogens (tertiary/aromatic N) is 3. The minimum Gasteiger partial charge on any atom is -0.333 e. The Balaban J connectivity index is 2.33. The molecular weight excluding hydrogens is 304 g/mol. The van der Waals surface area contributed by atoms with Gasteiger partial charge in [0.25, 0.3) is 0 Å². The van der Waals surface area contributed by atoms with Gasteiger partial charge in [-0.1, -0.05) is 13.8 Å². The Morgan fingerprint density at radius 3 is 2.79 bits per heavy atom. The van der Waals surface area contributed by atoms with Crippen molar-refractivity contribution in [2.75, 3.05) is 6.54 Å². The summed E-state index contributed by atoms with van der Waals surface area (Å²) < 4.78 is 3.18. The second-order valence-electron chi connectivity index (χ2n) is 4.37.